The van der Waals surface area contributed by atoms with E-state index in [-0.39, 0.29) is 13.2 Å². The van der Waals surface area contributed by atoms with E-state index in [1.807, 2.05) is 0 Å². The molecule has 2 rings (SSSR count). The number of hydrogen-bond donors (Lipinski definition) is 1. The van der Waals surface area contributed by atoms with Gasteiger partial charge < -0.3 is 5.11 Å². The maximum Gasteiger partial charge on any atom is 0.419 e. The highest BCUT2D eigenvalue weighted by molar-refractivity contribution is 5.37. The van der Waals surface area contributed by atoms with Gasteiger partial charge in [0.1, 0.15) is 0 Å². The summed E-state index contributed by atoms with van der Waals surface area (Å²) in [5.74, 6) is 5.68. The zero-order chi connectivity index (χ0) is 15.3. The molecule has 0 spiro atoms. The van der Waals surface area contributed by atoms with Crippen LogP contribution in [0.5, 0.6) is 0 Å². The molecule has 0 saturated carbocycles. The topological polar surface area (TPSA) is 38.0 Å². The molecule has 0 aliphatic carbocycles. The van der Waals surface area contributed by atoms with Crippen molar-refractivity contribution in [1.82, 2.24) is 9.78 Å². The molecule has 0 radical (unpaired) electrons. The molecule has 0 aliphatic rings. The highest BCUT2D eigenvalue weighted by atomic mass is 19.4. The summed E-state index contributed by atoms with van der Waals surface area (Å²) in [6.45, 7) is 0.242. The molecule has 1 aromatic heterocycles. The van der Waals surface area contributed by atoms with E-state index in [4.69, 9.17) is 5.11 Å². The first-order chi connectivity index (χ1) is 9.99. The Bertz CT molecular complexity index is 665. The van der Waals surface area contributed by atoms with Crippen LogP contribution in [0.25, 0.3) is 0 Å². The van der Waals surface area contributed by atoms with Crippen LogP contribution < -0.4 is 0 Å². The molecule has 1 N–H and O–H groups in total. The lowest BCUT2D eigenvalue weighted by molar-refractivity contribution is -0.137. The third-order valence-corrected chi connectivity index (χ3v) is 2.70. The fraction of sp³-hybridized carbons (Fsp3) is 0.267. The van der Waals surface area contributed by atoms with E-state index >= 15 is 0 Å². The second kappa shape index (κ2) is 6.46. The molecule has 0 bridgehead atoms. The predicted molar refractivity (Wildman–Crippen MR) is 71.4 cm³/mol. The summed E-state index contributed by atoms with van der Waals surface area (Å²) in [7, 11) is 0. The van der Waals surface area contributed by atoms with E-state index in [0.717, 1.165) is 23.5 Å². The van der Waals surface area contributed by atoms with Crippen molar-refractivity contribution in [3.8, 4) is 11.8 Å². The summed E-state index contributed by atoms with van der Waals surface area (Å²) >= 11 is 0. The number of halogens is 3. The molecule has 0 unspecified atom stereocenters. The monoisotopic (exact) mass is 294 g/mol. The number of aliphatic hydroxyl groups excluding tert-OH is 1. The minimum Gasteiger partial charge on any atom is -0.395 e. The van der Waals surface area contributed by atoms with Crippen LogP contribution in [-0.4, -0.2) is 21.5 Å². The molecule has 0 amide bonds. The Hall–Kier alpha value is -2.26. The summed E-state index contributed by atoms with van der Waals surface area (Å²) in [6, 6.07) is 7.18. The second-order valence-electron chi connectivity index (χ2n) is 4.40. The Morgan fingerprint density at radius 2 is 2.10 bits per heavy atom. The van der Waals surface area contributed by atoms with E-state index in [2.05, 4.69) is 16.9 Å². The van der Waals surface area contributed by atoms with Gasteiger partial charge in [-0.1, -0.05) is 24.0 Å². The SMILES string of the molecule is OCCC#Cc1cccc(Cn2cc(C(F)(F)F)cn2)c1. The van der Waals surface area contributed by atoms with Gasteiger partial charge in [0.2, 0.25) is 0 Å². The van der Waals surface area contributed by atoms with Gasteiger partial charge in [0, 0.05) is 18.2 Å². The van der Waals surface area contributed by atoms with Crippen LogP contribution in [-0.2, 0) is 12.7 Å². The lowest BCUT2D eigenvalue weighted by Crippen LogP contribution is -2.04. The van der Waals surface area contributed by atoms with E-state index in [1.54, 1.807) is 24.3 Å². The number of hydrogen-bond acceptors (Lipinski definition) is 2. The Balaban J connectivity index is 2.12. The molecular formula is C15H13F3N2O. The molecule has 1 heterocycles. The normalized spacial score (nSPS) is 11.0. The second-order valence-corrected chi connectivity index (χ2v) is 4.40. The van der Waals surface area contributed by atoms with Gasteiger partial charge in [-0.2, -0.15) is 18.3 Å². The van der Waals surface area contributed by atoms with Gasteiger partial charge >= 0.3 is 6.18 Å². The fourth-order valence-electron chi connectivity index (χ4n) is 1.75. The largest absolute Gasteiger partial charge is 0.419 e. The van der Waals surface area contributed by atoms with Crippen LogP contribution in [0.2, 0.25) is 0 Å². The molecule has 3 nitrogen and oxygen atoms in total. The van der Waals surface area contributed by atoms with Crippen LogP contribution >= 0.6 is 0 Å². The Labute approximate surface area is 120 Å². The van der Waals surface area contributed by atoms with Gasteiger partial charge in [0.15, 0.2) is 0 Å². The first-order valence-electron chi connectivity index (χ1n) is 6.27. The Kier molecular flexibility index (Phi) is 4.66. The number of rotatable bonds is 3. The van der Waals surface area contributed by atoms with Crippen LogP contribution in [0.3, 0.4) is 0 Å². The number of benzene rings is 1. The molecule has 6 heteroatoms. The summed E-state index contributed by atoms with van der Waals surface area (Å²) in [5, 5.41) is 12.4. The maximum atomic E-state index is 12.5. The van der Waals surface area contributed by atoms with Gasteiger partial charge in [-0.05, 0) is 17.7 Å². The van der Waals surface area contributed by atoms with Crippen molar-refractivity contribution < 1.29 is 18.3 Å². The van der Waals surface area contributed by atoms with Crippen molar-refractivity contribution in [2.75, 3.05) is 6.61 Å². The van der Waals surface area contributed by atoms with Gasteiger partial charge in [-0.3, -0.25) is 4.68 Å². The van der Waals surface area contributed by atoms with Crippen molar-refractivity contribution in [2.24, 2.45) is 0 Å². The standard InChI is InChI=1S/C15H13F3N2O/c16-15(17,18)14-9-19-20(11-14)10-13-6-3-5-12(8-13)4-1-2-7-21/h3,5-6,8-9,11,21H,2,7,10H2. The molecule has 0 aliphatic heterocycles. The molecule has 0 atom stereocenters. The minimum absolute atomic E-state index is 0.000196. The van der Waals surface area contributed by atoms with Crippen molar-refractivity contribution >= 4 is 0 Å². The van der Waals surface area contributed by atoms with Crippen LogP contribution in [0, 0.1) is 11.8 Å². The smallest absolute Gasteiger partial charge is 0.395 e. The Morgan fingerprint density at radius 3 is 2.76 bits per heavy atom. The molecule has 2 aromatic rings. The summed E-state index contributed by atoms with van der Waals surface area (Å²) in [4.78, 5) is 0. The summed E-state index contributed by atoms with van der Waals surface area (Å²) < 4.78 is 38.7. The molecule has 0 saturated heterocycles. The van der Waals surface area contributed by atoms with Crippen LogP contribution in [0.1, 0.15) is 23.1 Å². The molecule has 1 aromatic carbocycles. The molecule has 0 fully saturated rings. The number of nitrogens with zero attached hydrogens (tertiary/aromatic N) is 2. The lowest BCUT2D eigenvalue weighted by Gasteiger charge is -2.03. The predicted octanol–water partition coefficient (Wildman–Crippen LogP) is 2.68. The average molecular weight is 294 g/mol. The number of aromatic nitrogens is 2. The summed E-state index contributed by atoms with van der Waals surface area (Å²) in [6.07, 6.45) is -2.21. The van der Waals surface area contributed by atoms with Gasteiger partial charge in [-0.15, -0.1) is 0 Å². The number of alkyl halides is 3. The van der Waals surface area contributed by atoms with Crippen molar-refractivity contribution in [1.29, 1.82) is 0 Å². The maximum absolute atomic E-state index is 12.5. The highest BCUT2D eigenvalue weighted by Gasteiger charge is 2.32. The zero-order valence-corrected chi connectivity index (χ0v) is 11.1. The van der Waals surface area contributed by atoms with Crippen molar-refractivity contribution in [3.63, 3.8) is 0 Å². The minimum atomic E-state index is -4.38. The molecule has 110 valence electrons. The van der Waals surface area contributed by atoms with Crippen molar-refractivity contribution in [2.45, 2.75) is 19.1 Å². The van der Waals surface area contributed by atoms with E-state index in [0.29, 0.717) is 6.42 Å². The van der Waals surface area contributed by atoms with Crippen LogP contribution in [0.4, 0.5) is 13.2 Å². The van der Waals surface area contributed by atoms with Gasteiger partial charge in [0.25, 0.3) is 0 Å². The van der Waals surface area contributed by atoms with Crippen LogP contribution in [0.15, 0.2) is 36.7 Å². The van der Waals surface area contributed by atoms with E-state index in [9.17, 15) is 13.2 Å². The third kappa shape index (κ3) is 4.36. The third-order valence-electron chi connectivity index (χ3n) is 2.70. The Morgan fingerprint density at radius 1 is 1.29 bits per heavy atom. The highest BCUT2D eigenvalue weighted by Crippen LogP contribution is 2.28. The lowest BCUT2D eigenvalue weighted by atomic mass is 10.1. The number of aliphatic hydroxyl groups is 1. The quantitative estimate of drug-likeness (QED) is 0.884. The average Bonchev–Trinajstić information content (AvgIpc) is 2.88. The summed E-state index contributed by atoms with van der Waals surface area (Å²) in [5.41, 5.74) is 0.799. The molecule has 21 heavy (non-hydrogen) atoms. The molecular weight excluding hydrogens is 281 g/mol. The van der Waals surface area contributed by atoms with Gasteiger partial charge in [0.05, 0.1) is 24.9 Å². The van der Waals surface area contributed by atoms with E-state index < -0.39 is 11.7 Å². The van der Waals surface area contributed by atoms with E-state index in [1.165, 1.54) is 4.68 Å². The fourth-order valence-corrected chi connectivity index (χ4v) is 1.75. The first-order valence-corrected chi connectivity index (χ1v) is 6.27. The zero-order valence-electron chi connectivity index (χ0n) is 11.1. The van der Waals surface area contributed by atoms with Crippen molar-refractivity contribution in [3.05, 3.63) is 53.3 Å². The first kappa shape index (κ1) is 15.1. The van der Waals surface area contributed by atoms with Gasteiger partial charge in [-0.25, -0.2) is 0 Å².